The highest BCUT2D eigenvalue weighted by molar-refractivity contribution is 7.47. The first kappa shape index (κ1) is 54.6. The van der Waals surface area contributed by atoms with Crippen LogP contribution in [-0.4, -0.2) is 73.4 Å². The molecule has 3 atom stereocenters. The molecule has 8 nitrogen and oxygen atoms in total. The molecule has 0 aromatic heterocycles. The highest BCUT2D eigenvalue weighted by atomic mass is 31.2. The molecule has 1 amide bonds. The number of amides is 1. The Hall–Kier alpha value is -3.36. The molecule has 0 aliphatic rings. The summed E-state index contributed by atoms with van der Waals surface area (Å²) < 4.78 is 23.4. The van der Waals surface area contributed by atoms with E-state index in [0.717, 1.165) is 89.9 Å². The summed E-state index contributed by atoms with van der Waals surface area (Å²) in [5.41, 5.74) is 0. The summed E-state index contributed by atoms with van der Waals surface area (Å²) in [6.45, 7) is 4.35. The Morgan fingerprint density at radius 3 is 1.52 bits per heavy atom. The molecule has 0 aromatic carbocycles. The van der Waals surface area contributed by atoms with Crippen molar-refractivity contribution in [3.05, 3.63) is 134 Å². The van der Waals surface area contributed by atoms with Gasteiger partial charge in [0, 0.05) is 6.42 Å². The molecule has 0 rings (SSSR count). The second-order valence-electron chi connectivity index (χ2n) is 15.0. The van der Waals surface area contributed by atoms with Crippen molar-refractivity contribution in [1.29, 1.82) is 0 Å². The quantitative estimate of drug-likeness (QED) is 0.0252. The zero-order valence-electron chi connectivity index (χ0n) is 36.7. The van der Waals surface area contributed by atoms with Crippen molar-refractivity contribution < 1.29 is 32.9 Å². The minimum absolute atomic E-state index is 0.0358. The van der Waals surface area contributed by atoms with Crippen LogP contribution >= 0.6 is 7.82 Å². The van der Waals surface area contributed by atoms with Crippen LogP contribution in [-0.2, 0) is 18.4 Å². The summed E-state index contributed by atoms with van der Waals surface area (Å²) in [6.07, 6.45) is 59.9. The van der Waals surface area contributed by atoms with E-state index in [1.165, 1.54) is 0 Å². The number of hydrogen-bond donors (Lipinski definition) is 3. The molecule has 3 N–H and O–H groups in total. The van der Waals surface area contributed by atoms with Crippen LogP contribution in [0.1, 0.15) is 117 Å². The third kappa shape index (κ3) is 40.8. The number of quaternary nitrogens is 1. The maximum atomic E-state index is 12.8. The average molecular weight is 824 g/mol. The first-order chi connectivity index (χ1) is 28.0. The Bertz CT molecular complexity index is 1390. The van der Waals surface area contributed by atoms with Gasteiger partial charge in [-0.3, -0.25) is 13.8 Å². The fourth-order valence-corrected chi connectivity index (χ4v) is 5.77. The van der Waals surface area contributed by atoms with Crippen LogP contribution in [0.3, 0.4) is 0 Å². The van der Waals surface area contributed by atoms with Crippen LogP contribution in [0.5, 0.6) is 0 Å². The predicted molar refractivity (Wildman–Crippen MR) is 248 cm³/mol. The number of nitrogens with zero attached hydrogens (tertiary/aromatic N) is 1. The Morgan fingerprint density at radius 1 is 0.621 bits per heavy atom. The van der Waals surface area contributed by atoms with Gasteiger partial charge in [0.15, 0.2) is 0 Å². The molecule has 58 heavy (non-hydrogen) atoms. The molecule has 0 aliphatic heterocycles. The first-order valence-corrected chi connectivity index (χ1v) is 23.0. The Morgan fingerprint density at radius 2 is 1.05 bits per heavy atom. The molecular formula is C49H80N2O6P+. The Labute approximate surface area is 354 Å². The van der Waals surface area contributed by atoms with Gasteiger partial charge in [-0.2, -0.15) is 0 Å². The molecule has 326 valence electrons. The zero-order chi connectivity index (χ0) is 42.8. The average Bonchev–Trinajstić information content (AvgIpc) is 3.17. The molecule has 0 saturated heterocycles. The van der Waals surface area contributed by atoms with E-state index in [0.29, 0.717) is 17.4 Å². The fraction of sp³-hybridized carbons (Fsp3) is 0.531. The van der Waals surface area contributed by atoms with Crippen molar-refractivity contribution in [1.82, 2.24) is 5.32 Å². The van der Waals surface area contributed by atoms with Crippen LogP contribution in [0.4, 0.5) is 0 Å². The summed E-state index contributed by atoms with van der Waals surface area (Å²) in [5, 5.41) is 13.7. The number of likely N-dealkylation sites (N-methyl/N-ethyl adjacent to an activating group) is 1. The van der Waals surface area contributed by atoms with E-state index in [1.54, 1.807) is 6.08 Å². The molecule has 0 spiro atoms. The van der Waals surface area contributed by atoms with Gasteiger partial charge >= 0.3 is 7.82 Å². The molecule has 0 saturated carbocycles. The van der Waals surface area contributed by atoms with Gasteiger partial charge in [0.2, 0.25) is 5.91 Å². The van der Waals surface area contributed by atoms with Gasteiger partial charge < -0.3 is 19.8 Å². The van der Waals surface area contributed by atoms with Gasteiger partial charge in [-0.05, 0) is 103 Å². The van der Waals surface area contributed by atoms with Gasteiger partial charge in [0.25, 0.3) is 0 Å². The lowest BCUT2D eigenvalue weighted by Crippen LogP contribution is -2.45. The van der Waals surface area contributed by atoms with Crippen LogP contribution in [0, 0.1) is 0 Å². The van der Waals surface area contributed by atoms with Gasteiger partial charge in [-0.25, -0.2) is 4.57 Å². The van der Waals surface area contributed by atoms with Crippen molar-refractivity contribution in [2.45, 2.75) is 129 Å². The topological polar surface area (TPSA) is 105 Å². The molecule has 0 heterocycles. The van der Waals surface area contributed by atoms with Crippen LogP contribution in [0.25, 0.3) is 0 Å². The lowest BCUT2D eigenvalue weighted by atomic mass is 10.1. The fourth-order valence-electron chi connectivity index (χ4n) is 5.03. The largest absolute Gasteiger partial charge is 0.472 e. The maximum Gasteiger partial charge on any atom is 0.472 e. The Balaban J connectivity index is 4.43. The van der Waals surface area contributed by atoms with Crippen LogP contribution < -0.4 is 5.32 Å². The number of phosphoric ester groups is 1. The van der Waals surface area contributed by atoms with Crippen molar-refractivity contribution in [2.24, 2.45) is 0 Å². The van der Waals surface area contributed by atoms with Crippen molar-refractivity contribution >= 4 is 13.7 Å². The van der Waals surface area contributed by atoms with E-state index in [1.807, 2.05) is 40.2 Å². The maximum absolute atomic E-state index is 12.8. The third-order valence-corrected chi connectivity index (χ3v) is 9.41. The molecule has 0 radical (unpaired) electrons. The number of hydrogen-bond acceptors (Lipinski definition) is 5. The highest BCUT2D eigenvalue weighted by Crippen LogP contribution is 2.43. The molecule has 9 heteroatoms. The lowest BCUT2D eigenvalue weighted by Gasteiger charge is -2.25. The number of aliphatic hydroxyl groups is 1. The summed E-state index contributed by atoms with van der Waals surface area (Å²) in [5.74, 6) is -0.245. The van der Waals surface area contributed by atoms with Crippen molar-refractivity contribution in [3.8, 4) is 0 Å². The number of unbranched alkanes of at least 4 members (excludes halogenated alkanes) is 4. The zero-order valence-corrected chi connectivity index (χ0v) is 37.6. The highest BCUT2D eigenvalue weighted by Gasteiger charge is 2.27. The SMILES string of the molecule is C/C=C/CC/C=C/CC/C=C/C(O)C(COP(=O)(O)OCC[N+](C)(C)C)NC(=O)CCCC/C=C\C/C=C\C/C=C\C/C=C\C/C=C\C/C=C\C/C=C\C/C=C\CC. The normalized spacial score (nSPS) is 15.6. The molecule has 0 fully saturated rings. The Kier molecular flexibility index (Phi) is 36.9. The van der Waals surface area contributed by atoms with E-state index in [2.05, 4.69) is 128 Å². The second kappa shape index (κ2) is 39.1. The van der Waals surface area contributed by atoms with Gasteiger partial charge in [0.05, 0.1) is 39.9 Å². The number of phosphoric acid groups is 1. The van der Waals surface area contributed by atoms with E-state index in [4.69, 9.17) is 9.05 Å². The van der Waals surface area contributed by atoms with Crippen molar-refractivity contribution in [2.75, 3.05) is 40.9 Å². The van der Waals surface area contributed by atoms with Crippen LogP contribution in [0.15, 0.2) is 134 Å². The summed E-state index contributed by atoms with van der Waals surface area (Å²) in [4.78, 5) is 23.0. The smallest absolute Gasteiger partial charge is 0.387 e. The van der Waals surface area contributed by atoms with E-state index in [9.17, 15) is 19.4 Å². The summed E-state index contributed by atoms with van der Waals surface area (Å²) >= 11 is 0. The van der Waals surface area contributed by atoms with Crippen LogP contribution in [0.2, 0.25) is 0 Å². The summed E-state index contributed by atoms with van der Waals surface area (Å²) in [7, 11) is 1.48. The minimum atomic E-state index is -4.37. The molecule has 3 unspecified atom stereocenters. The number of carbonyl (C=O) groups excluding carboxylic acids is 1. The summed E-state index contributed by atoms with van der Waals surface area (Å²) in [6, 6.07) is -0.901. The van der Waals surface area contributed by atoms with E-state index < -0.39 is 20.0 Å². The van der Waals surface area contributed by atoms with E-state index >= 15 is 0 Å². The number of rotatable bonds is 36. The van der Waals surface area contributed by atoms with Gasteiger partial charge in [-0.1, -0.05) is 141 Å². The van der Waals surface area contributed by atoms with Crippen molar-refractivity contribution in [3.63, 3.8) is 0 Å². The minimum Gasteiger partial charge on any atom is -0.387 e. The molecular weight excluding hydrogens is 744 g/mol. The van der Waals surface area contributed by atoms with Gasteiger partial charge in [0.1, 0.15) is 13.2 Å². The molecule has 0 aliphatic carbocycles. The lowest BCUT2D eigenvalue weighted by molar-refractivity contribution is -0.870. The van der Waals surface area contributed by atoms with E-state index in [-0.39, 0.29) is 25.5 Å². The number of allylic oxidation sites excluding steroid dienone is 21. The predicted octanol–water partition coefficient (Wildman–Crippen LogP) is 12.1. The number of nitrogens with one attached hydrogen (secondary N) is 1. The third-order valence-electron chi connectivity index (χ3n) is 8.43. The second-order valence-corrected chi connectivity index (χ2v) is 16.4. The number of carbonyl (C=O) groups is 1. The number of aliphatic hydroxyl groups excluding tert-OH is 1. The van der Waals surface area contributed by atoms with Gasteiger partial charge in [-0.15, -0.1) is 0 Å². The molecule has 0 aromatic rings. The standard InChI is InChI=1S/C49H79N2O6P/c1-6-8-10-12-14-16-17-18-19-20-21-22-23-24-25-26-27-28-29-30-31-32-33-35-37-39-41-43-49(53)50-47(46-57-58(54,55)56-45-44-51(3,4)5)48(52)42-40-38-36-34-15-13-11-9-7-2/h7-10,14-16,18-19,21-22,24-25,27-28,30-31,33-35,40,42,47-48,52H,6,11-13,17,20,23,26,29,32,36-39,41,43-46H2,1-5H3,(H-,50,53,54,55)/p+1/b9-7+,10-8-,16-14-,19-18-,22-21-,25-24-,28-27-,31-30-,34-15+,35-33-,42-40+. The monoisotopic (exact) mass is 824 g/mol. The first-order valence-electron chi connectivity index (χ1n) is 21.5. The molecule has 0 bridgehead atoms.